The minimum Gasteiger partial charge on any atom is -0.322 e. The van der Waals surface area contributed by atoms with Crippen molar-refractivity contribution in [1.82, 2.24) is 0 Å². The summed E-state index contributed by atoms with van der Waals surface area (Å²) in [5.74, 6) is 0. The van der Waals surface area contributed by atoms with Crippen LogP contribution in [0.2, 0.25) is 0 Å². The SMILES string of the molecule is CCCCCCCC/C=C\CCCCCCCCP(=O)(O)O[P+](=O)OP(=O)(O)CCCCCCCC/C=C\CCCCCCCC. The van der Waals surface area contributed by atoms with Crippen molar-refractivity contribution < 1.29 is 32.1 Å². The van der Waals surface area contributed by atoms with Gasteiger partial charge in [0.2, 0.25) is 0 Å². The molecule has 0 heterocycles. The maximum absolute atomic E-state index is 12.3. The quantitative estimate of drug-likeness (QED) is 0.0378. The van der Waals surface area contributed by atoms with Crippen LogP contribution in [0.4, 0.5) is 0 Å². The van der Waals surface area contributed by atoms with E-state index in [1.165, 1.54) is 89.9 Å². The number of unbranched alkanes of at least 4 members (excludes halogenated alkanes) is 24. The van der Waals surface area contributed by atoms with Crippen molar-refractivity contribution in [2.45, 2.75) is 194 Å². The van der Waals surface area contributed by atoms with E-state index < -0.39 is 23.4 Å². The average molecular weight is 710 g/mol. The zero-order chi connectivity index (χ0) is 34.0. The molecule has 2 N–H and O–H groups in total. The van der Waals surface area contributed by atoms with Gasteiger partial charge in [0.25, 0.3) is 0 Å². The van der Waals surface area contributed by atoms with Gasteiger partial charge in [-0.1, -0.05) is 154 Å². The molecule has 0 aliphatic carbocycles. The number of allylic oxidation sites excluding steroid dienone is 4. The molecule has 7 nitrogen and oxygen atoms in total. The van der Waals surface area contributed by atoms with Crippen LogP contribution in [0, 0.1) is 0 Å². The Labute approximate surface area is 285 Å². The van der Waals surface area contributed by atoms with Gasteiger partial charge in [-0.2, -0.15) is 0 Å². The standard InChI is InChI=1S/C36H71O7P3/c1-3-5-7-9-11-13-15-17-19-21-23-25-27-29-31-33-35-45(38,39)42-44(37)43-46(40,41)36-34-32-30-28-26-24-22-20-18-16-14-12-10-8-6-4-2/h17-20H,3-16,21-36H2,1-2H3,(H-,38,39,40,41)/p+1/b19-17-,20-18-. The van der Waals surface area contributed by atoms with Gasteiger partial charge in [-0.25, -0.2) is 0 Å². The Balaban J connectivity index is 3.71. The van der Waals surface area contributed by atoms with Crippen LogP contribution in [0.5, 0.6) is 0 Å². The summed E-state index contributed by atoms with van der Waals surface area (Å²) < 4.78 is 45.9. The third-order valence-corrected chi connectivity index (χ3v) is 13.2. The summed E-state index contributed by atoms with van der Waals surface area (Å²) in [6, 6.07) is 0. The Morgan fingerprint density at radius 1 is 0.435 bits per heavy atom. The molecule has 0 spiro atoms. The van der Waals surface area contributed by atoms with Crippen molar-refractivity contribution in [1.29, 1.82) is 0 Å². The largest absolute Gasteiger partial charge is 0.715 e. The molecule has 0 radical (unpaired) electrons. The van der Waals surface area contributed by atoms with Crippen LogP contribution in [0.15, 0.2) is 24.3 Å². The van der Waals surface area contributed by atoms with Gasteiger partial charge < -0.3 is 9.79 Å². The van der Waals surface area contributed by atoms with Gasteiger partial charge in [0.1, 0.15) is 0 Å². The first kappa shape index (κ1) is 45.9. The molecule has 0 bridgehead atoms. The topological polar surface area (TPSA) is 110 Å². The lowest BCUT2D eigenvalue weighted by molar-refractivity contribution is 0.329. The van der Waals surface area contributed by atoms with Crippen LogP contribution in [0.3, 0.4) is 0 Å². The minimum atomic E-state index is -4.14. The molecule has 0 aliphatic heterocycles. The summed E-state index contributed by atoms with van der Waals surface area (Å²) in [6.45, 7) is 4.49. The maximum Gasteiger partial charge on any atom is 0.715 e. The summed E-state index contributed by atoms with van der Waals surface area (Å²) in [6.07, 6.45) is 40.7. The molecule has 0 amide bonds. The van der Waals surface area contributed by atoms with Gasteiger partial charge in [0.15, 0.2) is 0 Å². The van der Waals surface area contributed by atoms with Crippen molar-refractivity contribution in [2.24, 2.45) is 0 Å². The van der Waals surface area contributed by atoms with Crippen molar-refractivity contribution in [3.63, 3.8) is 0 Å². The van der Waals surface area contributed by atoms with Crippen molar-refractivity contribution in [3.05, 3.63) is 24.3 Å². The monoisotopic (exact) mass is 709 g/mol. The maximum atomic E-state index is 12.3. The van der Waals surface area contributed by atoms with Crippen LogP contribution in [0.25, 0.3) is 0 Å². The molecule has 46 heavy (non-hydrogen) atoms. The normalized spacial score (nSPS) is 15.1. The molecular weight excluding hydrogens is 637 g/mol. The fourth-order valence-corrected chi connectivity index (χ4v) is 9.38. The highest BCUT2D eigenvalue weighted by Crippen LogP contribution is 2.59. The van der Waals surface area contributed by atoms with Crippen LogP contribution < -0.4 is 0 Å². The molecule has 0 aromatic rings. The van der Waals surface area contributed by atoms with E-state index in [1.54, 1.807) is 0 Å². The molecule has 0 rings (SSSR count). The predicted octanol–water partition coefficient (Wildman–Crippen LogP) is 14.1. The molecule has 0 saturated carbocycles. The number of hydrogen-bond acceptors (Lipinski definition) is 5. The van der Waals surface area contributed by atoms with E-state index in [4.69, 9.17) is 0 Å². The summed E-state index contributed by atoms with van der Waals surface area (Å²) in [4.78, 5) is 20.0. The van der Waals surface area contributed by atoms with Gasteiger partial charge in [0.05, 0.1) is 12.3 Å². The van der Waals surface area contributed by atoms with E-state index in [2.05, 4.69) is 46.8 Å². The van der Waals surface area contributed by atoms with Crippen LogP contribution in [-0.4, -0.2) is 22.1 Å². The Hall–Kier alpha value is -0.120. The van der Waals surface area contributed by atoms with Gasteiger partial charge in [-0.15, -0.1) is 0 Å². The zero-order valence-electron chi connectivity index (χ0n) is 29.8. The van der Waals surface area contributed by atoms with Gasteiger partial charge >= 0.3 is 23.4 Å². The Morgan fingerprint density at radius 3 is 0.957 bits per heavy atom. The molecule has 0 fully saturated rings. The highest BCUT2D eigenvalue weighted by atomic mass is 31.3. The van der Waals surface area contributed by atoms with Crippen molar-refractivity contribution in [2.75, 3.05) is 12.3 Å². The zero-order valence-corrected chi connectivity index (χ0v) is 32.5. The second kappa shape index (κ2) is 33.4. The lowest BCUT2D eigenvalue weighted by Gasteiger charge is -2.06. The summed E-state index contributed by atoms with van der Waals surface area (Å²) in [7, 11) is -11.4. The third kappa shape index (κ3) is 35.2. The van der Waals surface area contributed by atoms with E-state index >= 15 is 0 Å². The van der Waals surface area contributed by atoms with Crippen LogP contribution >= 0.6 is 23.4 Å². The molecule has 0 aromatic carbocycles. The van der Waals surface area contributed by atoms with Gasteiger partial charge in [0, 0.05) is 4.57 Å². The smallest absolute Gasteiger partial charge is 0.322 e. The van der Waals surface area contributed by atoms with E-state index in [9.17, 15) is 23.5 Å². The highest BCUT2D eigenvalue weighted by molar-refractivity contribution is 7.64. The molecule has 10 heteroatoms. The first-order valence-corrected chi connectivity index (χ1v) is 23.6. The van der Waals surface area contributed by atoms with Crippen LogP contribution in [0.1, 0.15) is 194 Å². The fourth-order valence-electron chi connectivity index (χ4n) is 5.42. The highest BCUT2D eigenvalue weighted by Gasteiger charge is 2.41. The minimum absolute atomic E-state index is 0.136. The average Bonchev–Trinajstić information content (AvgIpc) is 3.00. The Kier molecular flexibility index (Phi) is 33.3. The molecule has 0 aliphatic rings. The molecule has 272 valence electrons. The van der Waals surface area contributed by atoms with E-state index in [0.717, 1.165) is 77.0 Å². The molecule has 0 aromatic heterocycles. The molecular formula is C36H72O7P3+. The van der Waals surface area contributed by atoms with E-state index in [1.807, 2.05) is 0 Å². The number of rotatable bonds is 36. The van der Waals surface area contributed by atoms with Crippen LogP contribution in [-0.2, 0) is 22.3 Å². The summed E-state index contributed by atoms with van der Waals surface area (Å²) in [5, 5.41) is 0. The second-order valence-electron chi connectivity index (χ2n) is 13.0. The van der Waals surface area contributed by atoms with Gasteiger partial charge in [-0.3, -0.25) is 9.13 Å². The Morgan fingerprint density at radius 2 is 0.674 bits per heavy atom. The Bertz CT molecular complexity index is 781. The van der Waals surface area contributed by atoms with Gasteiger partial charge in [-0.05, 0) is 72.8 Å². The van der Waals surface area contributed by atoms with Crippen molar-refractivity contribution >= 4 is 23.4 Å². The third-order valence-electron chi connectivity index (χ3n) is 8.29. The summed E-state index contributed by atoms with van der Waals surface area (Å²) in [5.41, 5.74) is 0. The molecule has 2 unspecified atom stereocenters. The van der Waals surface area contributed by atoms with E-state index in [0.29, 0.717) is 12.8 Å². The fraction of sp³-hybridized carbons (Fsp3) is 0.889. The molecule has 0 saturated heterocycles. The second-order valence-corrected chi connectivity index (χ2v) is 18.2. The first-order valence-electron chi connectivity index (χ1n) is 19.0. The summed E-state index contributed by atoms with van der Waals surface area (Å²) >= 11 is 0. The molecule has 2 atom stereocenters. The number of hydrogen-bond donors (Lipinski definition) is 2. The van der Waals surface area contributed by atoms with E-state index in [-0.39, 0.29) is 12.3 Å². The predicted molar refractivity (Wildman–Crippen MR) is 198 cm³/mol. The first-order chi connectivity index (χ1) is 22.2. The van der Waals surface area contributed by atoms with Crippen molar-refractivity contribution in [3.8, 4) is 0 Å². The lowest BCUT2D eigenvalue weighted by Crippen LogP contribution is -1.94. The lowest BCUT2D eigenvalue weighted by atomic mass is 10.1.